The summed E-state index contributed by atoms with van der Waals surface area (Å²) in [4.78, 5) is 15.9. The topological polar surface area (TPSA) is 83.0 Å². The molecule has 130 valence electrons. The molecule has 0 amide bonds. The SMILES string of the molecule is CCCC(O)(CCC)CN=C(NCC)NCC(C)C(=O)OC. The third-order valence-electron chi connectivity index (χ3n) is 3.49. The van der Waals surface area contributed by atoms with E-state index in [0.717, 1.165) is 32.2 Å². The maximum absolute atomic E-state index is 11.4. The Balaban J connectivity index is 4.67. The van der Waals surface area contributed by atoms with Crippen molar-refractivity contribution in [3.63, 3.8) is 0 Å². The number of aliphatic hydroxyl groups is 1. The first-order chi connectivity index (χ1) is 10.4. The number of ether oxygens (including phenoxy) is 1. The van der Waals surface area contributed by atoms with Crippen LogP contribution in [0.3, 0.4) is 0 Å². The molecule has 0 saturated heterocycles. The summed E-state index contributed by atoms with van der Waals surface area (Å²) in [5.41, 5.74) is -0.750. The lowest BCUT2D eigenvalue weighted by atomic mass is 9.93. The molecule has 0 aromatic rings. The fourth-order valence-corrected chi connectivity index (χ4v) is 2.32. The normalized spacial score (nSPS) is 13.6. The summed E-state index contributed by atoms with van der Waals surface area (Å²) in [7, 11) is 1.38. The summed E-state index contributed by atoms with van der Waals surface area (Å²) in [5.74, 6) is 0.111. The summed E-state index contributed by atoms with van der Waals surface area (Å²) in [6.45, 7) is 9.42. The van der Waals surface area contributed by atoms with Gasteiger partial charge in [-0.05, 0) is 19.8 Å². The zero-order valence-corrected chi connectivity index (χ0v) is 14.7. The average Bonchev–Trinajstić information content (AvgIpc) is 2.49. The quantitative estimate of drug-likeness (QED) is 0.324. The van der Waals surface area contributed by atoms with Gasteiger partial charge in [-0.3, -0.25) is 9.79 Å². The van der Waals surface area contributed by atoms with Gasteiger partial charge < -0.3 is 20.5 Å². The number of carbonyl (C=O) groups is 1. The second-order valence-electron chi connectivity index (χ2n) is 5.72. The number of guanidine groups is 1. The summed E-state index contributed by atoms with van der Waals surface area (Å²) >= 11 is 0. The Bertz CT molecular complexity index is 340. The number of hydrogen-bond acceptors (Lipinski definition) is 4. The zero-order valence-electron chi connectivity index (χ0n) is 14.7. The molecule has 0 aromatic heterocycles. The minimum absolute atomic E-state index is 0.251. The molecule has 0 aliphatic rings. The first-order valence-corrected chi connectivity index (χ1v) is 8.24. The summed E-state index contributed by atoms with van der Waals surface area (Å²) < 4.78 is 4.70. The van der Waals surface area contributed by atoms with Crippen LogP contribution < -0.4 is 10.6 Å². The van der Waals surface area contributed by atoms with E-state index in [2.05, 4.69) is 29.5 Å². The standard InChI is InChI=1S/C16H33N3O3/c1-6-9-16(21,10-7-2)12-19-15(17-8-3)18-11-13(4)14(20)22-5/h13,21H,6-12H2,1-5H3,(H2,17,18,19). The molecule has 6 nitrogen and oxygen atoms in total. The molecule has 6 heteroatoms. The predicted molar refractivity (Wildman–Crippen MR) is 89.9 cm³/mol. The van der Waals surface area contributed by atoms with Gasteiger partial charge in [0.05, 0.1) is 25.2 Å². The molecule has 3 N–H and O–H groups in total. The van der Waals surface area contributed by atoms with Crippen LogP contribution in [-0.2, 0) is 9.53 Å². The van der Waals surface area contributed by atoms with E-state index in [9.17, 15) is 9.90 Å². The highest BCUT2D eigenvalue weighted by atomic mass is 16.5. The smallest absolute Gasteiger partial charge is 0.310 e. The molecule has 0 fully saturated rings. The highest BCUT2D eigenvalue weighted by Crippen LogP contribution is 2.19. The van der Waals surface area contributed by atoms with Crippen LogP contribution in [0.15, 0.2) is 4.99 Å². The van der Waals surface area contributed by atoms with Crippen LogP contribution >= 0.6 is 0 Å². The van der Waals surface area contributed by atoms with Gasteiger partial charge in [0.2, 0.25) is 0 Å². The Morgan fingerprint density at radius 2 is 1.82 bits per heavy atom. The lowest BCUT2D eigenvalue weighted by molar-refractivity contribution is -0.144. The summed E-state index contributed by atoms with van der Waals surface area (Å²) in [6.07, 6.45) is 3.33. The third-order valence-corrected chi connectivity index (χ3v) is 3.49. The van der Waals surface area contributed by atoms with Crippen molar-refractivity contribution >= 4 is 11.9 Å². The fraction of sp³-hybridized carbons (Fsp3) is 0.875. The number of methoxy groups -OCH3 is 1. The molecule has 22 heavy (non-hydrogen) atoms. The van der Waals surface area contributed by atoms with Gasteiger partial charge in [-0.25, -0.2) is 0 Å². The molecule has 1 atom stereocenters. The van der Waals surface area contributed by atoms with Gasteiger partial charge in [0, 0.05) is 13.1 Å². The summed E-state index contributed by atoms with van der Waals surface area (Å²) in [5, 5.41) is 16.8. The van der Waals surface area contributed by atoms with Crippen molar-refractivity contribution in [2.45, 2.75) is 59.0 Å². The molecule has 0 saturated carbocycles. The first-order valence-electron chi connectivity index (χ1n) is 8.24. The van der Waals surface area contributed by atoms with E-state index in [1.807, 2.05) is 6.92 Å². The zero-order chi connectivity index (χ0) is 17.0. The Kier molecular flexibility index (Phi) is 10.6. The molecule has 0 heterocycles. The van der Waals surface area contributed by atoms with Crippen molar-refractivity contribution in [1.82, 2.24) is 10.6 Å². The van der Waals surface area contributed by atoms with E-state index in [0.29, 0.717) is 19.0 Å². The van der Waals surface area contributed by atoms with Crippen molar-refractivity contribution < 1.29 is 14.6 Å². The lowest BCUT2D eigenvalue weighted by Crippen LogP contribution is -2.42. The Labute approximate surface area is 134 Å². The van der Waals surface area contributed by atoms with Gasteiger partial charge in [-0.1, -0.05) is 33.6 Å². The van der Waals surface area contributed by atoms with E-state index in [4.69, 9.17) is 4.74 Å². The van der Waals surface area contributed by atoms with Crippen molar-refractivity contribution in [2.75, 3.05) is 26.7 Å². The molecule has 0 spiro atoms. The van der Waals surface area contributed by atoms with E-state index in [1.165, 1.54) is 7.11 Å². The van der Waals surface area contributed by atoms with Gasteiger partial charge in [-0.2, -0.15) is 0 Å². The van der Waals surface area contributed by atoms with Crippen molar-refractivity contribution in [2.24, 2.45) is 10.9 Å². The van der Waals surface area contributed by atoms with Crippen LogP contribution in [0.1, 0.15) is 53.4 Å². The number of aliphatic imine (C=N–C) groups is 1. The molecule has 0 aliphatic carbocycles. The number of nitrogens with one attached hydrogen (secondary N) is 2. The van der Waals surface area contributed by atoms with Gasteiger partial charge in [0.1, 0.15) is 0 Å². The second-order valence-corrected chi connectivity index (χ2v) is 5.72. The highest BCUT2D eigenvalue weighted by Gasteiger charge is 2.24. The minimum atomic E-state index is -0.750. The van der Waals surface area contributed by atoms with Gasteiger partial charge in [0.25, 0.3) is 0 Å². The largest absolute Gasteiger partial charge is 0.469 e. The summed E-state index contributed by atoms with van der Waals surface area (Å²) in [6, 6.07) is 0. The Morgan fingerprint density at radius 3 is 2.27 bits per heavy atom. The number of hydrogen-bond donors (Lipinski definition) is 3. The van der Waals surface area contributed by atoms with Crippen LogP contribution in [0.2, 0.25) is 0 Å². The number of esters is 1. The van der Waals surface area contributed by atoms with E-state index in [1.54, 1.807) is 6.92 Å². The third kappa shape index (κ3) is 8.22. The minimum Gasteiger partial charge on any atom is -0.469 e. The first kappa shape index (κ1) is 20.7. The van der Waals surface area contributed by atoms with Gasteiger partial charge in [0.15, 0.2) is 5.96 Å². The Hall–Kier alpha value is -1.30. The average molecular weight is 315 g/mol. The van der Waals surface area contributed by atoms with Crippen molar-refractivity contribution in [1.29, 1.82) is 0 Å². The molecular formula is C16H33N3O3. The maximum atomic E-state index is 11.4. The molecule has 0 aromatic carbocycles. The monoisotopic (exact) mass is 315 g/mol. The fourth-order valence-electron chi connectivity index (χ4n) is 2.32. The second kappa shape index (κ2) is 11.3. The molecule has 1 unspecified atom stereocenters. The number of rotatable bonds is 10. The molecule has 0 bridgehead atoms. The van der Waals surface area contributed by atoms with Gasteiger partial charge in [-0.15, -0.1) is 0 Å². The van der Waals surface area contributed by atoms with Crippen LogP contribution in [0, 0.1) is 5.92 Å². The van der Waals surface area contributed by atoms with Crippen LogP contribution in [0.25, 0.3) is 0 Å². The van der Waals surface area contributed by atoms with Crippen molar-refractivity contribution in [3.05, 3.63) is 0 Å². The van der Waals surface area contributed by atoms with Crippen LogP contribution in [0.4, 0.5) is 0 Å². The molecule has 0 aliphatic heterocycles. The number of carbonyl (C=O) groups excluding carboxylic acids is 1. The van der Waals surface area contributed by atoms with E-state index < -0.39 is 5.60 Å². The predicted octanol–water partition coefficient (Wildman–Crippen LogP) is 1.68. The maximum Gasteiger partial charge on any atom is 0.310 e. The van der Waals surface area contributed by atoms with Crippen LogP contribution in [-0.4, -0.2) is 49.4 Å². The van der Waals surface area contributed by atoms with E-state index >= 15 is 0 Å². The lowest BCUT2D eigenvalue weighted by Gasteiger charge is -2.26. The van der Waals surface area contributed by atoms with Gasteiger partial charge >= 0.3 is 5.97 Å². The van der Waals surface area contributed by atoms with E-state index in [-0.39, 0.29) is 11.9 Å². The van der Waals surface area contributed by atoms with Crippen LogP contribution in [0.5, 0.6) is 0 Å². The molecular weight excluding hydrogens is 282 g/mol. The number of nitrogens with zero attached hydrogens (tertiary/aromatic N) is 1. The molecule has 0 rings (SSSR count). The highest BCUT2D eigenvalue weighted by molar-refractivity contribution is 5.80. The van der Waals surface area contributed by atoms with Crippen molar-refractivity contribution in [3.8, 4) is 0 Å². The molecule has 0 radical (unpaired) electrons. The Morgan fingerprint density at radius 1 is 1.23 bits per heavy atom.